The summed E-state index contributed by atoms with van der Waals surface area (Å²) in [4.78, 5) is 25.3. The Morgan fingerprint density at radius 3 is 2.84 bits per heavy atom. The molecule has 3 N–H and O–H groups in total. The van der Waals surface area contributed by atoms with Gasteiger partial charge in [-0.2, -0.15) is 0 Å². The lowest BCUT2D eigenvalue weighted by atomic mass is 9.95. The first-order chi connectivity index (χ1) is 12.0. The lowest BCUT2D eigenvalue weighted by Crippen LogP contribution is -2.19. The summed E-state index contributed by atoms with van der Waals surface area (Å²) < 4.78 is 1.66. The summed E-state index contributed by atoms with van der Waals surface area (Å²) >= 11 is 2.72. The van der Waals surface area contributed by atoms with Crippen LogP contribution in [0.5, 0.6) is 0 Å². The van der Waals surface area contributed by atoms with Crippen LogP contribution in [-0.4, -0.2) is 37.8 Å². The number of anilines is 1. The molecule has 0 radical (unpaired) electrons. The molecule has 0 atom stereocenters. The second-order valence-corrected chi connectivity index (χ2v) is 8.16. The number of carbonyl (C=O) groups excluding carboxylic acids is 2. The molecule has 0 saturated heterocycles. The Labute approximate surface area is 153 Å². The lowest BCUT2D eigenvalue weighted by Gasteiger charge is -2.11. The number of nitrogens with two attached hydrogens (primary N) is 1. The zero-order valence-electron chi connectivity index (χ0n) is 14.1. The van der Waals surface area contributed by atoms with E-state index in [2.05, 4.69) is 20.8 Å². The number of aryl methyl sites for hydroxylation is 1. The summed E-state index contributed by atoms with van der Waals surface area (Å²) in [6, 6.07) is 0.117. The van der Waals surface area contributed by atoms with Crippen molar-refractivity contribution in [2.75, 3.05) is 11.1 Å². The third-order valence-electron chi connectivity index (χ3n) is 3.95. The van der Waals surface area contributed by atoms with Gasteiger partial charge >= 0.3 is 0 Å². The number of aromatic nitrogens is 4. The van der Waals surface area contributed by atoms with E-state index in [9.17, 15) is 9.59 Å². The second-order valence-electron chi connectivity index (χ2n) is 6.12. The number of carbonyl (C=O) groups is 2. The highest BCUT2D eigenvalue weighted by Crippen LogP contribution is 2.38. The fourth-order valence-electron chi connectivity index (χ4n) is 2.81. The monoisotopic (exact) mass is 380 g/mol. The summed E-state index contributed by atoms with van der Waals surface area (Å²) in [5.41, 5.74) is 7.03. The number of nitrogens with zero attached hydrogens (tertiary/aromatic N) is 4. The number of nitrogens with one attached hydrogen (secondary N) is 1. The molecule has 0 aliphatic heterocycles. The minimum absolute atomic E-state index is 0.117. The second kappa shape index (κ2) is 7.52. The SMILES string of the molecule is CC(C)n1nnnc1SCC(=O)Nc1sc2c(c1C(N)=O)CCCC2. The number of tetrazole rings is 1. The topological polar surface area (TPSA) is 116 Å². The molecule has 134 valence electrons. The highest BCUT2D eigenvalue weighted by molar-refractivity contribution is 7.99. The molecule has 2 heterocycles. The van der Waals surface area contributed by atoms with Crippen molar-refractivity contribution >= 4 is 39.9 Å². The van der Waals surface area contributed by atoms with Gasteiger partial charge in [0, 0.05) is 4.88 Å². The van der Waals surface area contributed by atoms with E-state index in [1.165, 1.54) is 23.1 Å². The molecule has 1 aliphatic carbocycles. The number of primary amides is 1. The van der Waals surface area contributed by atoms with Crippen molar-refractivity contribution in [1.29, 1.82) is 0 Å². The first kappa shape index (κ1) is 17.9. The quantitative estimate of drug-likeness (QED) is 0.741. The predicted molar refractivity (Wildman–Crippen MR) is 97.0 cm³/mol. The predicted octanol–water partition coefficient (Wildman–Crippen LogP) is 2.02. The van der Waals surface area contributed by atoms with Crippen molar-refractivity contribution in [2.24, 2.45) is 5.73 Å². The molecule has 8 nitrogen and oxygen atoms in total. The highest BCUT2D eigenvalue weighted by Gasteiger charge is 2.25. The van der Waals surface area contributed by atoms with E-state index in [0.717, 1.165) is 36.1 Å². The molecule has 0 fully saturated rings. The molecule has 2 amide bonds. The molecule has 0 saturated carbocycles. The van der Waals surface area contributed by atoms with Crippen LogP contribution in [0.1, 0.15) is 53.5 Å². The van der Waals surface area contributed by atoms with Gasteiger partial charge in [0.05, 0.1) is 17.4 Å². The molecule has 1 aliphatic rings. The van der Waals surface area contributed by atoms with Crippen LogP contribution in [0.15, 0.2) is 5.16 Å². The zero-order valence-corrected chi connectivity index (χ0v) is 15.7. The van der Waals surface area contributed by atoms with Crippen LogP contribution in [0.25, 0.3) is 0 Å². The summed E-state index contributed by atoms with van der Waals surface area (Å²) in [6.45, 7) is 3.94. The maximum Gasteiger partial charge on any atom is 0.251 e. The summed E-state index contributed by atoms with van der Waals surface area (Å²) in [6.07, 6.45) is 3.93. The van der Waals surface area contributed by atoms with Gasteiger partial charge in [0.15, 0.2) is 0 Å². The molecule has 0 unspecified atom stereocenters. The van der Waals surface area contributed by atoms with Gasteiger partial charge in [0.25, 0.3) is 5.91 Å². The number of fused-ring (bicyclic) bond motifs is 1. The average Bonchev–Trinajstić information content (AvgIpc) is 3.16. The molecule has 2 aromatic heterocycles. The Hall–Kier alpha value is -1.94. The first-order valence-corrected chi connectivity index (χ1v) is 9.92. The number of thioether (sulfide) groups is 1. The first-order valence-electron chi connectivity index (χ1n) is 8.12. The van der Waals surface area contributed by atoms with Crippen molar-refractivity contribution in [3.05, 3.63) is 16.0 Å². The third kappa shape index (κ3) is 3.84. The molecule has 10 heteroatoms. The number of hydrogen-bond donors (Lipinski definition) is 2. The van der Waals surface area contributed by atoms with E-state index in [1.807, 2.05) is 13.8 Å². The number of thiophene rings is 1. The molecule has 25 heavy (non-hydrogen) atoms. The zero-order chi connectivity index (χ0) is 18.0. The van der Waals surface area contributed by atoms with Gasteiger partial charge in [-0.25, -0.2) is 4.68 Å². The van der Waals surface area contributed by atoms with E-state index >= 15 is 0 Å². The van der Waals surface area contributed by atoms with E-state index < -0.39 is 5.91 Å². The summed E-state index contributed by atoms with van der Waals surface area (Å²) in [5.74, 6) is -0.524. The molecule has 3 rings (SSSR count). The molecule has 0 aromatic carbocycles. The van der Waals surface area contributed by atoms with E-state index in [4.69, 9.17) is 5.73 Å². The van der Waals surface area contributed by atoms with Gasteiger partial charge in [-0.1, -0.05) is 11.8 Å². The van der Waals surface area contributed by atoms with Gasteiger partial charge in [-0.3, -0.25) is 9.59 Å². The van der Waals surface area contributed by atoms with Gasteiger partial charge in [-0.15, -0.1) is 16.4 Å². The van der Waals surface area contributed by atoms with Crippen LogP contribution in [0.4, 0.5) is 5.00 Å². The Bertz CT molecular complexity index is 798. The number of rotatable bonds is 6. The molecular weight excluding hydrogens is 360 g/mol. The largest absolute Gasteiger partial charge is 0.365 e. The van der Waals surface area contributed by atoms with Gasteiger partial charge < -0.3 is 11.1 Å². The van der Waals surface area contributed by atoms with Crippen LogP contribution >= 0.6 is 23.1 Å². The van der Waals surface area contributed by atoms with Crippen molar-refractivity contribution in [1.82, 2.24) is 20.2 Å². The molecular formula is C15H20N6O2S2. The van der Waals surface area contributed by atoms with E-state index in [0.29, 0.717) is 15.7 Å². The normalized spacial score (nSPS) is 13.7. The van der Waals surface area contributed by atoms with Crippen molar-refractivity contribution < 1.29 is 9.59 Å². The van der Waals surface area contributed by atoms with Crippen LogP contribution in [-0.2, 0) is 17.6 Å². The summed E-state index contributed by atoms with van der Waals surface area (Å²) in [7, 11) is 0. The minimum Gasteiger partial charge on any atom is -0.365 e. The number of hydrogen-bond acceptors (Lipinski definition) is 7. The molecule has 0 bridgehead atoms. The standard InChI is InChI=1S/C15H20N6O2S2/c1-8(2)21-15(18-19-20-21)24-7-11(22)17-14-12(13(16)23)9-5-3-4-6-10(9)25-14/h8H,3-7H2,1-2H3,(H2,16,23)(H,17,22). The van der Waals surface area contributed by atoms with Gasteiger partial charge in [0.1, 0.15) is 5.00 Å². The van der Waals surface area contributed by atoms with Crippen molar-refractivity contribution in [3.63, 3.8) is 0 Å². The van der Waals surface area contributed by atoms with Crippen LogP contribution in [0.3, 0.4) is 0 Å². The van der Waals surface area contributed by atoms with Crippen LogP contribution in [0, 0.1) is 0 Å². The molecule has 2 aromatic rings. The van der Waals surface area contributed by atoms with E-state index in [1.54, 1.807) is 4.68 Å². The van der Waals surface area contributed by atoms with E-state index in [-0.39, 0.29) is 17.7 Å². The maximum absolute atomic E-state index is 12.3. The smallest absolute Gasteiger partial charge is 0.251 e. The van der Waals surface area contributed by atoms with Gasteiger partial charge in [0.2, 0.25) is 11.1 Å². The van der Waals surface area contributed by atoms with Crippen LogP contribution < -0.4 is 11.1 Å². The minimum atomic E-state index is -0.480. The molecule has 0 spiro atoms. The summed E-state index contributed by atoms with van der Waals surface area (Å²) in [5, 5.41) is 15.5. The van der Waals surface area contributed by atoms with Crippen molar-refractivity contribution in [2.45, 2.75) is 50.7 Å². The Morgan fingerprint density at radius 2 is 2.12 bits per heavy atom. The van der Waals surface area contributed by atoms with Crippen molar-refractivity contribution in [3.8, 4) is 0 Å². The Balaban J connectivity index is 1.70. The average molecular weight is 380 g/mol. The number of amides is 2. The maximum atomic E-state index is 12.3. The van der Waals surface area contributed by atoms with Crippen LogP contribution in [0.2, 0.25) is 0 Å². The third-order valence-corrected chi connectivity index (χ3v) is 6.10. The highest BCUT2D eigenvalue weighted by atomic mass is 32.2. The van der Waals surface area contributed by atoms with Gasteiger partial charge in [-0.05, 0) is 55.5 Å². The fourth-order valence-corrected chi connectivity index (χ4v) is 4.93. The Morgan fingerprint density at radius 1 is 1.36 bits per heavy atom. The Kier molecular flexibility index (Phi) is 5.38. The lowest BCUT2D eigenvalue weighted by molar-refractivity contribution is -0.113. The fraction of sp³-hybridized carbons (Fsp3) is 0.533.